The molecular weight excluding hydrogens is 743 g/mol. The van der Waals surface area contributed by atoms with E-state index >= 15 is 0 Å². The summed E-state index contributed by atoms with van der Waals surface area (Å²) in [5, 5.41) is 17.1. The van der Waals surface area contributed by atoms with E-state index in [1.807, 2.05) is 77.9 Å². The first-order chi connectivity index (χ1) is 27.6. The number of thiophene rings is 1. The molecule has 3 heterocycles. The summed E-state index contributed by atoms with van der Waals surface area (Å²) in [6.45, 7) is 2.98. The van der Waals surface area contributed by atoms with Crippen LogP contribution in [0.2, 0.25) is 0 Å². The van der Waals surface area contributed by atoms with Crippen LogP contribution in [0.5, 0.6) is 0 Å². The standard InChI is InChI=1S/C43H45N7O6S/c1-27-10-5-7-12-34(27)47-40-35(48-42(55)33-26-57-37-13-8-6-11-32(33)37)21-30(23-46-40)41(54)44-19-9-3-4-14-38(52)45-22-28-15-16-29(31(20-28)25-51)24-50(2)36-17-18-39(53)49-43(36)56/h5-8,10-13,15-16,20-21,23,25-26,36H,3-4,9,14,17-19,22,24H2,1-2H3,(H,44,54)(H,45,52)(H,46,47)(H,48,55)(H,49,53,56). The van der Waals surface area contributed by atoms with E-state index in [9.17, 15) is 28.8 Å². The Bertz CT molecular complexity index is 2310. The van der Waals surface area contributed by atoms with Crippen LogP contribution in [0.1, 0.15) is 86.3 Å². The Balaban J connectivity index is 0.960. The molecule has 0 bridgehead atoms. The van der Waals surface area contributed by atoms with Gasteiger partial charge < -0.3 is 21.3 Å². The molecule has 0 aliphatic carbocycles. The third-order valence-corrected chi connectivity index (χ3v) is 10.8. The number of likely N-dealkylation sites (N-methyl/N-ethyl adjacent to an activating group) is 1. The number of rotatable bonds is 17. The van der Waals surface area contributed by atoms with Crippen LogP contribution in [-0.4, -0.2) is 65.3 Å². The fourth-order valence-corrected chi connectivity index (χ4v) is 7.58. The number of piperidine rings is 1. The van der Waals surface area contributed by atoms with Crippen LogP contribution < -0.4 is 26.6 Å². The van der Waals surface area contributed by atoms with Crippen molar-refractivity contribution >= 4 is 74.4 Å². The van der Waals surface area contributed by atoms with E-state index in [1.54, 1.807) is 19.2 Å². The predicted molar refractivity (Wildman–Crippen MR) is 221 cm³/mol. The lowest BCUT2D eigenvalue weighted by Crippen LogP contribution is -2.51. The number of hydrogen-bond donors (Lipinski definition) is 5. The molecule has 1 atom stereocenters. The Kier molecular flexibility index (Phi) is 13.5. The number of carbonyl (C=O) groups excluding carboxylic acids is 6. The Morgan fingerprint density at radius 1 is 0.947 bits per heavy atom. The summed E-state index contributed by atoms with van der Waals surface area (Å²) in [6.07, 6.45) is 5.24. The van der Waals surface area contributed by atoms with E-state index < -0.39 is 6.04 Å². The van der Waals surface area contributed by atoms with E-state index in [-0.39, 0.29) is 42.5 Å². The Morgan fingerprint density at radius 2 is 1.75 bits per heavy atom. The van der Waals surface area contributed by atoms with Gasteiger partial charge in [-0.05, 0) is 74.2 Å². The van der Waals surface area contributed by atoms with Crippen molar-refractivity contribution in [3.8, 4) is 0 Å². The van der Waals surface area contributed by atoms with Crippen molar-refractivity contribution in [3.05, 3.63) is 118 Å². The number of para-hydroxylation sites is 1. The third kappa shape index (κ3) is 10.5. The zero-order valence-corrected chi connectivity index (χ0v) is 32.7. The highest BCUT2D eigenvalue weighted by molar-refractivity contribution is 7.17. The van der Waals surface area contributed by atoms with Crippen molar-refractivity contribution in [2.45, 2.75) is 64.6 Å². The molecule has 5 amide bonds. The molecule has 0 radical (unpaired) electrons. The number of benzene rings is 3. The number of hydrogen-bond acceptors (Lipinski definition) is 10. The summed E-state index contributed by atoms with van der Waals surface area (Å²) in [6, 6.07) is 22.0. The monoisotopic (exact) mass is 787 g/mol. The molecule has 5 aromatic rings. The van der Waals surface area contributed by atoms with Gasteiger partial charge in [0, 0.05) is 65.4 Å². The Hall–Kier alpha value is -6.25. The maximum absolute atomic E-state index is 13.5. The average molecular weight is 788 g/mol. The maximum Gasteiger partial charge on any atom is 0.257 e. The number of fused-ring (bicyclic) bond motifs is 1. The predicted octanol–water partition coefficient (Wildman–Crippen LogP) is 6.26. The van der Waals surface area contributed by atoms with Gasteiger partial charge in [0.25, 0.3) is 11.8 Å². The number of aryl methyl sites for hydroxylation is 1. The topological polar surface area (TPSA) is 179 Å². The van der Waals surface area contributed by atoms with E-state index in [1.165, 1.54) is 17.5 Å². The molecule has 1 aliphatic rings. The number of carbonyl (C=O) groups is 6. The number of nitrogens with one attached hydrogen (secondary N) is 5. The molecule has 14 heteroatoms. The highest BCUT2D eigenvalue weighted by atomic mass is 32.1. The van der Waals surface area contributed by atoms with Crippen LogP contribution in [0.15, 0.2) is 84.4 Å². The minimum Gasteiger partial charge on any atom is -0.352 e. The first-order valence-electron chi connectivity index (χ1n) is 18.9. The number of anilines is 3. The number of amides is 5. The van der Waals surface area contributed by atoms with Gasteiger partial charge in [-0.3, -0.25) is 39.0 Å². The number of aldehydes is 1. The second kappa shape index (κ2) is 19.1. The minimum absolute atomic E-state index is 0.121. The van der Waals surface area contributed by atoms with Crippen LogP contribution in [-0.2, 0) is 27.5 Å². The van der Waals surface area contributed by atoms with Crippen molar-refractivity contribution in [2.75, 3.05) is 24.2 Å². The van der Waals surface area contributed by atoms with Gasteiger partial charge in [0.15, 0.2) is 5.82 Å². The maximum atomic E-state index is 13.5. The lowest BCUT2D eigenvalue weighted by molar-refractivity contribution is -0.137. The number of nitrogens with zero attached hydrogens (tertiary/aromatic N) is 2. The van der Waals surface area contributed by atoms with Gasteiger partial charge in [-0.15, -0.1) is 11.3 Å². The second-order valence-electron chi connectivity index (χ2n) is 14.0. The largest absolute Gasteiger partial charge is 0.352 e. The van der Waals surface area contributed by atoms with Crippen LogP contribution in [0.4, 0.5) is 17.2 Å². The highest BCUT2D eigenvalue weighted by Gasteiger charge is 2.30. The molecule has 1 unspecified atom stereocenters. The van der Waals surface area contributed by atoms with E-state index in [0.717, 1.165) is 38.8 Å². The first-order valence-corrected chi connectivity index (χ1v) is 19.7. The van der Waals surface area contributed by atoms with Gasteiger partial charge in [-0.2, -0.15) is 0 Å². The zero-order valence-electron chi connectivity index (χ0n) is 31.9. The molecule has 2 aromatic heterocycles. The van der Waals surface area contributed by atoms with Gasteiger partial charge in [-0.25, -0.2) is 4.98 Å². The molecule has 0 saturated carbocycles. The summed E-state index contributed by atoms with van der Waals surface area (Å²) in [5.74, 6) is -0.966. The molecule has 57 heavy (non-hydrogen) atoms. The summed E-state index contributed by atoms with van der Waals surface area (Å²) >= 11 is 1.49. The van der Waals surface area contributed by atoms with Crippen molar-refractivity contribution in [3.63, 3.8) is 0 Å². The van der Waals surface area contributed by atoms with Gasteiger partial charge in [0.1, 0.15) is 6.29 Å². The summed E-state index contributed by atoms with van der Waals surface area (Å²) in [4.78, 5) is 81.2. The molecule has 1 fully saturated rings. The normalized spacial score (nSPS) is 13.9. The average Bonchev–Trinajstić information content (AvgIpc) is 3.64. The van der Waals surface area contributed by atoms with Crippen LogP contribution in [0, 0.1) is 6.92 Å². The summed E-state index contributed by atoms with van der Waals surface area (Å²) in [5.41, 5.74) is 5.01. The Morgan fingerprint density at radius 3 is 2.56 bits per heavy atom. The van der Waals surface area contributed by atoms with Crippen LogP contribution in [0.25, 0.3) is 10.1 Å². The Labute approximate surface area is 334 Å². The minimum atomic E-state index is -0.452. The molecule has 13 nitrogen and oxygen atoms in total. The fraction of sp³-hybridized carbons (Fsp3) is 0.279. The molecule has 1 saturated heterocycles. The SMILES string of the molecule is Cc1ccccc1Nc1ncc(C(=O)NCCCCCC(=O)NCc2ccc(CN(C)C3CCC(=O)NC3=O)c(C=O)c2)cc1NC(=O)c1csc2ccccc12. The van der Waals surface area contributed by atoms with Crippen molar-refractivity contribution in [2.24, 2.45) is 0 Å². The number of imide groups is 1. The summed E-state index contributed by atoms with van der Waals surface area (Å²) in [7, 11) is 1.78. The molecule has 294 valence electrons. The third-order valence-electron chi connectivity index (χ3n) is 9.88. The van der Waals surface area contributed by atoms with Gasteiger partial charge >= 0.3 is 0 Å². The second-order valence-corrected chi connectivity index (χ2v) is 14.9. The van der Waals surface area contributed by atoms with Crippen LogP contribution in [0.3, 0.4) is 0 Å². The van der Waals surface area contributed by atoms with Gasteiger partial charge in [-0.1, -0.05) is 55.0 Å². The van der Waals surface area contributed by atoms with Crippen molar-refractivity contribution < 1.29 is 28.8 Å². The van der Waals surface area contributed by atoms with Crippen molar-refractivity contribution in [1.82, 2.24) is 25.8 Å². The molecule has 3 aromatic carbocycles. The summed E-state index contributed by atoms with van der Waals surface area (Å²) < 4.78 is 0.999. The molecule has 0 spiro atoms. The molecule has 6 rings (SSSR count). The fourth-order valence-electron chi connectivity index (χ4n) is 6.64. The molecule has 1 aliphatic heterocycles. The van der Waals surface area contributed by atoms with Crippen LogP contribution >= 0.6 is 11.3 Å². The molecule has 5 N–H and O–H groups in total. The van der Waals surface area contributed by atoms with Gasteiger partial charge in [0.2, 0.25) is 17.7 Å². The number of aromatic nitrogens is 1. The van der Waals surface area contributed by atoms with Crippen molar-refractivity contribution in [1.29, 1.82) is 0 Å². The highest BCUT2D eigenvalue weighted by Crippen LogP contribution is 2.30. The van der Waals surface area contributed by atoms with E-state index in [2.05, 4.69) is 31.6 Å². The van der Waals surface area contributed by atoms with Gasteiger partial charge in [0.05, 0.1) is 22.9 Å². The quantitative estimate of drug-likeness (QED) is 0.0414. The lowest BCUT2D eigenvalue weighted by atomic mass is 10.0. The van der Waals surface area contributed by atoms with E-state index in [4.69, 9.17) is 0 Å². The first kappa shape index (κ1) is 40.4. The zero-order chi connectivity index (χ0) is 40.3. The lowest BCUT2D eigenvalue weighted by Gasteiger charge is -2.30. The number of pyridine rings is 1. The number of unbranched alkanes of at least 4 members (excludes halogenated alkanes) is 2. The smallest absolute Gasteiger partial charge is 0.257 e. The van der Waals surface area contributed by atoms with E-state index in [0.29, 0.717) is 73.4 Å². The molecular formula is C43H45N7O6S.